The zero-order chi connectivity index (χ0) is 7.47. The highest BCUT2D eigenvalue weighted by Gasteiger charge is 2.62. The lowest BCUT2D eigenvalue weighted by atomic mass is 10.9. The van der Waals surface area contributed by atoms with E-state index in [0.29, 0.717) is 0 Å². The van der Waals surface area contributed by atoms with Crippen LogP contribution >= 0.6 is 11.1 Å². The SMILES string of the molecule is Cl[Si](C1CC1)(C1CC1)C1CC1. The Morgan fingerprint density at radius 3 is 1.18 bits per heavy atom. The van der Waals surface area contributed by atoms with Gasteiger partial charge in [0.25, 0.3) is 0 Å². The van der Waals surface area contributed by atoms with Gasteiger partial charge in [-0.05, 0) is 16.6 Å². The highest BCUT2D eigenvalue weighted by Crippen LogP contribution is 2.69. The third-order valence-electron chi connectivity index (χ3n) is 3.61. The zero-order valence-electron chi connectivity index (χ0n) is 6.85. The highest BCUT2D eigenvalue weighted by atomic mass is 35.6. The molecular formula is C9H15ClSi. The average molecular weight is 187 g/mol. The van der Waals surface area contributed by atoms with Gasteiger partial charge >= 0.3 is 0 Å². The summed E-state index contributed by atoms with van der Waals surface area (Å²) in [4.78, 5) is 0. The van der Waals surface area contributed by atoms with Crippen molar-refractivity contribution in [1.82, 2.24) is 0 Å². The first-order valence-electron chi connectivity index (χ1n) is 5.00. The summed E-state index contributed by atoms with van der Waals surface area (Å²) >= 11 is 6.87. The summed E-state index contributed by atoms with van der Waals surface area (Å²) in [7, 11) is -1.18. The molecule has 0 spiro atoms. The molecule has 0 aliphatic heterocycles. The van der Waals surface area contributed by atoms with Crippen molar-refractivity contribution in [3.63, 3.8) is 0 Å². The molecule has 0 N–H and O–H groups in total. The summed E-state index contributed by atoms with van der Waals surface area (Å²) in [6.07, 6.45) is 8.93. The number of rotatable bonds is 3. The standard InChI is InChI=1S/C9H15ClSi/c10-11(7-1-2-7,8-3-4-8)9-5-6-9/h7-9H,1-6H2. The van der Waals surface area contributed by atoms with E-state index >= 15 is 0 Å². The van der Waals surface area contributed by atoms with Crippen LogP contribution in [0.2, 0.25) is 16.6 Å². The summed E-state index contributed by atoms with van der Waals surface area (Å²) in [6.45, 7) is 0. The molecular weight excluding hydrogens is 172 g/mol. The van der Waals surface area contributed by atoms with E-state index < -0.39 is 7.38 Å². The van der Waals surface area contributed by atoms with Gasteiger partial charge in [0.15, 0.2) is 7.38 Å². The van der Waals surface area contributed by atoms with Crippen molar-refractivity contribution in [3.05, 3.63) is 0 Å². The molecule has 0 atom stereocenters. The average Bonchev–Trinajstić information content (AvgIpc) is 2.81. The summed E-state index contributed by atoms with van der Waals surface area (Å²) in [5.74, 6) is 0. The third kappa shape index (κ3) is 1.00. The van der Waals surface area contributed by atoms with Gasteiger partial charge < -0.3 is 0 Å². The normalized spacial score (nSPS) is 32.5. The monoisotopic (exact) mass is 186 g/mol. The van der Waals surface area contributed by atoms with Crippen molar-refractivity contribution < 1.29 is 0 Å². The Balaban J connectivity index is 1.82. The molecule has 0 amide bonds. The van der Waals surface area contributed by atoms with Gasteiger partial charge in [-0.1, -0.05) is 38.5 Å². The maximum absolute atomic E-state index is 6.87. The second-order valence-corrected chi connectivity index (χ2v) is 10.7. The Hall–Kier alpha value is 0.507. The lowest BCUT2D eigenvalue weighted by Crippen LogP contribution is -2.28. The zero-order valence-corrected chi connectivity index (χ0v) is 8.61. The first-order valence-corrected chi connectivity index (χ1v) is 8.25. The Kier molecular flexibility index (Phi) is 1.30. The molecule has 0 heterocycles. The van der Waals surface area contributed by atoms with Crippen LogP contribution in [-0.4, -0.2) is 7.38 Å². The van der Waals surface area contributed by atoms with Crippen LogP contribution in [0.5, 0.6) is 0 Å². The van der Waals surface area contributed by atoms with Crippen LogP contribution in [0.1, 0.15) is 38.5 Å². The van der Waals surface area contributed by atoms with Gasteiger partial charge in [-0.15, -0.1) is 0 Å². The summed E-state index contributed by atoms with van der Waals surface area (Å²) in [5, 5.41) is 0. The molecule has 2 heteroatoms. The van der Waals surface area contributed by atoms with Gasteiger partial charge in [0.05, 0.1) is 0 Å². The Labute approximate surface area is 74.0 Å². The van der Waals surface area contributed by atoms with Gasteiger partial charge in [-0.2, -0.15) is 11.1 Å². The summed E-state index contributed by atoms with van der Waals surface area (Å²) in [6, 6.07) is 0. The first-order chi connectivity index (χ1) is 5.32. The van der Waals surface area contributed by atoms with Crippen LogP contribution in [0.15, 0.2) is 0 Å². The van der Waals surface area contributed by atoms with Gasteiger partial charge in [-0.3, -0.25) is 0 Å². The Bertz CT molecular complexity index is 149. The van der Waals surface area contributed by atoms with Crippen LogP contribution < -0.4 is 0 Å². The lowest BCUT2D eigenvalue weighted by Gasteiger charge is -2.23. The van der Waals surface area contributed by atoms with Crippen molar-refractivity contribution in [2.45, 2.75) is 55.1 Å². The molecule has 3 aliphatic carbocycles. The fourth-order valence-electron chi connectivity index (χ4n) is 2.58. The van der Waals surface area contributed by atoms with Crippen molar-refractivity contribution in [1.29, 1.82) is 0 Å². The topological polar surface area (TPSA) is 0 Å². The second-order valence-electron chi connectivity index (χ2n) is 4.65. The molecule has 3 aliphatic rings. The molecule has 0 aromatic heterocycles. The van der Waals surface area contributed by atoms with Crippen molar-refractivity contribution >= 4 is 18.5 Å². The molecule has 3 saturated carbocycles. The van der Waals surface area contributed by atoms with E-state index in [1.165, 1.54) is 38.5 Å². The van der Waals surface area contributed by atoms with E-state index in [1.54, 1.807) is 0 Å². The molecule has 0 saturated heterocycles. The smallest absolute Gasteiger partial charge is 0.165 e. The van der Waals surface area contributed by atoms with Crippen molar-refractivity contribution in [3.8, 4) is 0 Å². The van der Waals surface area contributed by atoms with E-state index in [4.69, 9.17) is 11.1 Å². The summed E-state index contributed by atoms with van der Waals surface area (Å²) < 4.78 is 0. The largest absolute Gasteiger partial charge is 0.166 e. The summed E-state index contributed by atoms with van der Waals surface area (Å²) in [5.41, 5.74) is 3.18. The third-order valence-corrected chi connectivity index (χ3v) is 11.9. The van der Waals surface area contributed by atoms with Gasteiger partial charge in [0.1, 0.15) is 0 Å². The Morgan fingerprint density at radius 1 is 0.727 bits per heavy atom. The van der Waals surface area contributed by atoms with Crippen LogP contribution in [0, 0.1) is 0 Å². The molecule has 62 valence electrons. The van der Waals surface area contributed by atoms with Gasteiger partial charge in [0, 0.05) is 0 Å². The van der Waals surface area contributed by atoms with Crippen molar-refractivity contribution in [2.24, 2.45) is 0 Å². The van der Waals surface area contributed by atoms with Crippen LogP contribution in [-0.2, 0) is 0 Å². The molecule has 3 rings (SSSR count). The minimum Gasteiger partial charge on any atom is -0.166 e. The fraction of sp³-hybridized carbons (Fsp3) is 1.00. The molecule has 0 aromatic rings. The van der Waals surface area contributed by atoms with Crippen LogP contribution in [0.25, 0.3) is 0 Å². The molecule has 0 nitrogen and oxygen atoms in total. The molecule has 0 bridgehead atoms. The van der Waals surface area contributed by atoms with E-state index in [9.17, 15) is 0 Å². The van der Waals surface area contributed by atoms with Gasteiger partial charge in [-0.25, -0.2) is 0 Å². The maximum atomic E-state index is 6.87. The Morgan fingerprint density at radius 2 is 1.00 bits per heavy atom. The quantitative estimate of drug-likeness (QED) is 0.466. The predicted molar refractivity (Wildman–Crippen MR) is 50.6 cm³/mol. The van der Waals surface area contributed by atoms with Crippen LogP contribution in [0.3, 0.4) is 0 Å². The van der Waals surface area contributed by atoms with Crippen molar-refractivity contribution in [2.75, 3.05) is 0 Å². The highest BCUT2D eigenvalue weighted by molar-refractivity contribution is 7.23. The predicted octanol–water partition coefficient (Wildman–Crippen LogP) is 3.66. The molecule has 11 heavy (non-hydrogen) atoms. The molecule has 3 fully saturated rings. The maximum Gasteiger partial charge on any atom is 0.165 e. The van der Waals surface area contributed by atoms with E-state index in [-0.39, 0.29) is 0 Å². The van der Waals surface area contributed by atoms with E-state index in [1.807, 2.05) is 0 Å². The fourth-order valence-corrected chi connectivity index (χ4v) is 9.70. The van der Waals surface area contributed by atoms with Gasteiger partial charge in [0.2, 0.25) is 0 Å². The minimum absolute atomic E-state index is 1.06. The van der Waals surface area contributed by atoms with E-state index in [2.05, 4.69) is 0 Å². The number of hydrogen-bond acceptors (Lipinski definition) is 0. The molecule has 0 aromatic carbocycles. The van der Waals surface area contributed by atoms with E-state index in [0.717, 1.165) is 16.6 Å². The van der Waals surface area contributed by atoms with Crippen LogP contribution in [0.4, 0.5) is 0 Å². The second kappa shape index (κ2) is 2.05. The molecule has 0 unspecified atom stereocenters. The lowest BCUT2D eigenvalue weighted by molar-refractivity contribution is 1.16. The molecule has 0 radical (unpaired) electrons. The minimum atomic E-state index is -1.18. The first kappa shape index (κ1) is 6.96. The number of halogens is 1. The number of hydrogen-bond donors (Lipinski definition) is 0.